The van der Waals surface area contributed by atoms with Crippen LogP contribution in [0.5, 0.6) is 0 Å². The average molecular weight is 360 g/mol. The van der Waals surface area contributed by atoms with E-state index in [0.29, 0.717) is 36.0 Å². The van der Waals surface area contributed by atoms with Crippen LogP contribution in [0.4, 0.5) is 23.2 Å². The summed E-state index contributed by atoms with van der Waals surface area (Å²) in [7, 11) is 0. The molecule has 0 amide bonds. The third-order valence-corrected chi connectivity index (χ3v) is 3.45. The minimum atomic E-state index is -4.44. The van der Waals surface area contributed by atoms with E-state index >= 15 is 0 Å². The van der Waals surface area contributed by atoms with Crippen molar-refractivity contribution < 1.29 is 17.6 Å². The third kappa shape index (κ3) is 5.19. The molecule has 0 saturated carbocycles. The molecule has 1 aromatic heterocycles. The smallest absolute Gasteiger partial charge is 0.362 e. The standard InChI is InChI=1S/C15H16F4N4S/c1-10-9-13(15(17,18)19)22-23(10)8-2-7-20-14(24)21-12-5-3-11(16)4-6-12/h3-6,9H,2,7-8H2,1H3,(H2,20,21,24). The van der Waals surface area contributed by atoms with Crippen LogP contribution in [-0.4, -0.2) is 21.4 Å². The van der Waals surface area contributed by atoms with Crippen LogP contribution in [0.15, 0.2) is 30.3 Å². The van der Waals surface area contributed by atoms with Crippen LogP contribution < -0.4 is 10.6 Å². The van der Waals surface area contributed by atoms with Crippen molar-refractivity contribution in [3.8, 4) is 0 Å². The maximum Gasteiger partial charge on any atom is 0.435 e. The molecule has 2 aromatic rings. The van der Waals surface area contributed by atoms with Gasteiger partial charge >= 0.3 is 6.18 Å². The first kappa shape index (κ1) is 18.2. The van der Waals surface area contributed by atoms with Gasteiger partial charge in [-0.2, -0.15) is 18.3 Å². The molecule has 0 spiro atoms. The summed E-state index contributed by atoms with van der Waals surface area (Å²) < 4.78 is 51.8. The minimum absolute atomic E-state index is 0.341. The lowest BCUT2D eigenvalue weighted by atomic mass is 10.3. The van der Waals surface area contributed by atoms with E-state index in [2.05, 4.69) is 15.7 Å². The molecule has 0 atom stereocenters. The van der Waals surface area contributed by atoms with Gasteiger partial charge in [0.25, 0.3) is 0 Å². The second-order valence-corrected chi connectivity index (χ2v) is 5.54. The summed E-state index contributed by atoms with van der Waals surface area (Å²) >= 11 is 5.09. The predicted molar refractivity (Wildman–Crippen MR) is 87.2 cm³/mol. The molecule has 9 heteroatoms. The lowest BCUT2D eigenvalue weighted by molar-refractivity contribution is -0.141. The number of nitrogens with one attached hydrogen (secondary N) is 2. The molecular weight excluding hydrogens is 344 g/mol. The van der Waals surface area contributed by atoms with E-state index in [1.54, 1.807) is 19.1 Å². The van der Waals surface area contributed by atoms with Crippen LogP contribution in [0.1, 0.15) is 17.8 Å². The summed E-state index contributed by atoms with van der Waals surface area (Å²) in [5.74, 6) is -0.341. The Balaban J connectivity index is 1.75. The molecule has 4 nitrogen and oxygen atoms in total. The van der Waals surface area contributed by atoms with Crippen LogP contribution in [-0.2, 0) is 12.7 Å². The van der Waals surface area contributed by atoms with Crippen molar-refractivity contribution in [2.45, 2.75) is 26.1 Å². The van der Waals surface area contributed by atoms with E-state index in [4.69, 9.17) is 12.2 Å². The predicted octanol–water partition coefficient (Wildman–Crippen LogP) is 3.73. The van der Waals surface area contributed by atoms with Crippen molar-refractivity contribution in [2.75, 3.05) is 11.9 Å². The van der Waals surface area contributed by atoms with Gasteiger partial charge in [0.05, 0.1) is 0 Å². The van der Waals surface area contributed by atoms with E-state index in [-0.39, 0.29) is 5.82 Å². The highest BCUT2D eigenvalue weighted by Gasteiger charge is 2.34. The molecule has 0 aliphatic heterocycles. The molecule has 130 valence electrons. The highest BCUT2D eigenvalue weighted by molar-refractivity contribution is 7.80. The number of nitrogens with zero attached hydrogens (tertiary/aromatic N) is 2. The summed E-state index contributed by atoms with van der Waals surface area (Å²) in [5.41, 5.74) is 0.211. The van der Waals surface area contributed by atoms with Crippen LogP contribution in [0.2, 0.25) is 0 Å². The fraction of sp³-hybridized carbons (Fsp3) is 0.333. The van der Waals surface area contributed by atoms with E-state index in [1.807, 2.05) is 0 Å². The number of hydrogen-bond acceptors (Lipinski definition) is 2. The second kappa shape index (κ2) is 7.61. The Morgan fingerprint density at radius 2 is 1.92 bits per heavy atom. The normalized spacial score (nSPS) is 11.4. The van der Waals surface area contributed by atoms with Crippen LogP contribution in [0, 0.1) is 12.7 Å². The number of hydrogen-bond donors (Lipinski definition) is 2. The molecule has 0 unspecified atom stereocenters. The van der Waals surface area contributed by atoms with Crippen LogP contribution in [0.3, 0.4) is 0 Å². The van der Waals surface area contributed by atoms with Gasteiger partial charge in [0.2, 0.25) is 0 Å². The van der Waals surface area contributed by atoms with Gasteiger partial charge < -0.3 is 10.6 Å². The zero-order valence-electron chi connectivity index (χ0n) is 12.8. The van der Waals surface area contributed by atoms with E-state index in [9.17, 15) is 17.6 Å². The van der Waals surface area contributed by atoms with Gasteiger partial charge in [-0.3, -0.25) is 4.68 Å². The van der Waals surface area contributed by atoms with Crippen LogP contribution in [0.25, 0.3) is 0 Å². The minimum Gasteiger partial charge on any atom is -0.362 e. The van der Waals surface area contributed by atoms with Gasteiger partial charge in [-0.15, -0.1) is 0 Å². The molecule has 0 fully saturated rings. The summed E-state index contributed by atoms with van der Waals surface area (Å²) in [6.07, 6.45) is -3.89. The lowest BCUT2D eigenvalue weighted by Crippen LogP contribution is -2.29. The first-order valence-electron chi connectivity index (χ1n) is 7.18. The molecule has 2 rings (SSSR count). The number of aromatic nitrogens is 2. The summed E-state index contributed by atoms with van der Waals surface area (Å²) in [6.45, 7) is 2.39. The zero-order valence-corrected chi connectivity index (χ0v) is 13.6. The number of aryl methyl sites for hydroxylation is 2. The first-order chi connectivity index (χ1) is 11.3. The fourth-order valence-corrected chi connectivity index (χ4v) is 2.23. The lowest BCUT2D eigenvalue weighted by Gasteiger charge is -2.11. The maximum absolute atomic E-state index is 12.8. The monoisotopic (exact) mass is 360 g/mol. The number of thiocarbonyl (C=S) groups is 1. The first-order valence-corrected chi connectivity index (χ1v) is 7.58. The van der Waals surface area contributed by atoms with Gasteiger partial charge in [0, 0.05) is 24.5 Å². The summed E-state index contributed by atoms with van der Waals surface area (Å²) in [4.78, 5) is 0. The Bertz CT molecular complexity index is 694. The van der Waals surface area contributed by atoms with Crippen molar-refractivity contribution in [1.82, 2.24) is 15.1 Å². The second-order valence-electron chi connectivity index (χ2n) is 5.13. The highest BCUT2D eigenvalue weighted by atomic mass is 32.1. The number of benzene rings is 1. The van der Waals surface area contributed by atoms with Crippen molar-refractivity contribution in [1.29, 1.82) is 0 Å². The van der Waals surface area contributed by atoms with E-state index < -0.39 is 11.9 Å². The summed E-state index contributed by atoms with van der Waals surface area (Å²) in [5, 5.41) is 9.73. The van der Waals surface area contributed by atoms with Crippen molar-refractivity contribution in [3.63, 3.8) is 0 Å². The van der Waals surface area contributed by atoms with Gasteiger partial charge in [-0.25, -0.2) is 4.39 Å². The molecule has 0 aliphatic rings. The van der Waals surface area contributed by atoms with E-state index in [0.717, 1.165) is 6.07 Å². The SMILES string of the molecule is Cc1cc(C(F)(F)F)nn1CCCNC(=S)Nc1ccc(F)cc1. The quantitative estimate of drug-likeness (QED) is 0.484. The Morgan fingerprint density at radius 1 is 1.25 bits per heavy atom. The molecule has 24 heavy (non-hydrogen) atoms. The van der Waals surface area contributed by atoms with Gasteiger partial charge in [0.15, 0.2) is 10.8 Å². The molecule has 2 N–H and O–H groups in total. The molecule has 0 radical (unpaired) electrons. The van der Waals surface area contributed by atoms with Gasteiger partial charge in [-0.05, 0) is 55.9 Å². The van der Waals surface area contributed by atoms with Gasteiger partial charge in [-0.1, -0.05) is 0 Å². The Morgan fingerprint density at radius 3 is 2.50 bits per heavy atom. The van der Waals surface area contributed by atoms with Crippen molar-refractivity contribution >= 4 is 23.0 Å². The van der Waals surface area contributed by atoms with E-state index in [1.165, 1.54) is 16.8 Å². The van der Waals surface area contributed by atoms with Crippen molar-refractivity contribution in [2.24, 2.45) is 0 Å². The average Bonchev–Trinajstić information content (AvgIpc) is 2.87. The number of halogens is 4. The molecular formula is C15H16F4N4S. The van der Waals surface area contributed by atoms with Crippen molar-refractivity contribution in [3.05, 3.63) is 47.5 Å². The Labute approximate surface area is 141 Å². The molecule has 1 heterocycles. The zero-order chi connectivity index (χ0) is 17.7. The number of rotatable bonds is 5. The fourth-order valence-electron chi connectivity index (χ4n) is 2.01. The highest BCUT2D eigenvalue weighted by Crippen LogP contribution is 2.28. The molecule has 1 aromatic carbocycles. The Hall–Kier alpha value is -2.16. The third-order valence-electron chi connectivity index (χ3n) is 3.21. The van der Waals surface area contributed by atoms with Crippen LogP contribution >= 0.6 is 12.2 Å². The molecule has 0 aliphatic carbocycles. The summed E-state index contributed by atoms with van der Waals surface area (Å²) in [6, 6.07) is 6.74. The number of anilines is 1. The maximum atomic E-state index is 12.8. The largest absolute Gasteiger partial charge is 0.435 e. The Kier molecular flexibility index (Phi) is 5.76. The number of alkyl halides is 3. The van der Waals surface area contributed by atoms with Gasteiger partial charge in [0.1, 0.15) is 5.82 Å². The molecule has 0 saturated heterocycles. The molecule has 0 bridgehead atoms. The topological polar surface area (TPSA) is 41.9 Å².